The molecule has 0 aliphatic carbocycles. The number of nitrogens with one attached hydrogen (secondary N) is 2. The number of aliphatic hydroxyl groups is 1. The van der Waals surface area contributed by atoms with Crippen LogP contribution in [0.1, 0.15) is 36.7 Å². The van der Waals surface area contributed by atoms with Gasteiger partial charge in [0, 0.05) is 23.6 Å². The Balaban J connectivity index is 1.79. The average molecular weight is 547 g/mol. The van der Waals surface area contributed by atoms with Crippen molar-refractivity contribution >= 4 is 32.6 Å². The molecule has 0 saturated heterocycles. The Kier molecular flexibility index (Phi) is 7.90. The lowest BCUT2D eigenvalue weighted by Crippen LogP contribution is -2.20. The molecule has 0 aliphatic rings. The molecule has 0 spiro atoms. The zero-order valence-corrected chi connectivity index (χ0v) is 21.4. The summed E-state index contributed by atoms with van der Waals surface area (Å²) < 4.78 is 67.9. The third-order valence-corrected chi connectivity index (χ3v) is 7.31. The molecular formula is C25H25F3N6O3S. The van der Waals surface area contributed by atoms with Crippen molar-refractivity contribution in [1.29, 1.82) is 0 Å². The standard InChI is InChI=1S/C25H25F3N6O3S/c1-3-4-6-15-11-17(8-9-20(15)38(36,37)29-2)32-24-23-19(33-21(14-35)34-24)12-16(13-31-23)22-18(25(26,27)28)7-5-10-30-22/h5,7-13,29,35H,3-4,6,14H2,1-2H3,(H,32,33,34). The smallest absolute Gasteiger partial charge is 0.388 e. The highest BCUT2D eigenvalue weighted by atomic mass is 32.2. The molecule has 4 rings (SSSR count). The van der Waals surface area contributed by atoms with Gasteiger partial charge in [0.15, 0.2) is 11.6 Å². The third kappa shape index (κ3) is 5.74. The number of rotatable bonds is 9. The highest BCUT2D eigenvalue weighted by Crippen LogP contribution is 2.36. The van der Waals surface area contributed by atoms with Crippen LogP contribution in [0.3, 0.4) is 0 Å². The minimum atomic E-state index is -4.62. The van der Waals surface area contributed by atoms with Crippen molar-refractivity contribution < 1.29 is 26.7 Å². The maximum atomic E-state index is 13.5. The van der Waals surface area contributed by atoms with Crippen molar-refractivity contribution in [3.8, 4) is 11.3 Å². The average Bonchev–Trinajstić information content (AvgIpc) is 2.90. The fourth-order valence-electron chi connectivity index (χ4n) is 3.95. The number of hydrogen-bond acceptors (Lipinski definition) is 8. The monoisotopic (exact) mass is 546 g/mol. The Bertz CT molecular complexity index is 1580. The van der Waals surface area contributed by atoms with Gasteiger partial charge in [-0.05, 0) is 61.9 Å². The van der Waals surface area contributed by atoms with Gasteiger partial charge in [-0.25, -0.2) is 28.1 Å². The largest absolute Gasteiger partial charge is 0.418 e. The predicted molar refractivity (Wildman–Crippen MR) is 136 cm³/mol. The van der Waals surface area contributed by atoms with E-state index in [0.29, 0.717) is 17.7 Å². The van der Waals surface area contributed by atoms with Gasteiger partial charge in [0.2, 0.25) is 10.0 Å². The summed E-state index contributed by atoms with van der Waals surface area (Å²) in [6, 6.07) is 8.31. The lowest BCUT2D eigenvalue weighted by Gasteiger charge is -2.15. The van der Waals surface area contributed by atoms with Crippen molar-refractivity contribution in [2.75, 3.05) is 12.4 Å². The summed E-state index contributed by atoms with van der Waals surface area (Å²) in [5, 5.41) is 12.8. The van der Waals surface area contributed by atoms with E-state index in [4.69, 9.17) is 0 Å². The molecule has 3 aromatic heterocycles. The van der Waals surface area contributed by atoms with Gasteiger partial charge in [0.05, 0.1) is 21.7 Å². The van der Waals surface area contributed by atoms with Crippen LogP contribution < -0.4 is 10.0 Å². The van der Waals surface area contributed by atoms with Crippen LogP contribution in [0.4, 0.5) is 24.7 Å². The van der Waals surface area contributed by atoms with Gasteiger partial charge in [-0.3, -0.25) is 4.98 Å². The lowest BCUT2D eigenvalue weighted by atomic mass is 10.1. The van der Waals surface area contributed by atoms with Gasteiger partial charge in [0.1, 0.15) is 12.1 Å². The number of sulfonamides is 1. The molecule has 0 aliphatic heterocycles. The van der Waals surface area contributed by atoms with Crippen molar-refractivity contribution in [2.45, 2.75) is 43.9 Å². The molecule has 0 fully saturated rings. The molecule has 0 amide bonds. The zero-order valence-electron chi connectivity index (χ0n) is 20.5. The van der Waals surface area contributed by atoms with E-state index in [1.165, 1.54) is 37.6 Å². The Labute approximate surface area is 217 Å². The van der Waals surface area contributed by atoms with Gasteiger partial charge in [0.25, 0.3) is 0 Å². The fourth-order valence-corrected chi connectivity index (χ4v) is 4.92. The number of halogens is 3. The first-order chi connectivity index (χ1) is 18.1. The van der Waals surface area contributed by atoms with E-state index in [2.05, 4.69) is 30.0 Å². The van der Waals surface area contributed by atoms with E-state index in [1.807, 2.05) is 6.92 Å². The topological polar surface area (TPSA) is 130 Å². The van der Waals surface area contributed by atoms with E-state index >= 15 is 0 Å². The second-order valence-corrected chi connectivity index (χ2v) is 10.2. The number of aryl methyl sites for hydroxylation is 1. The first kappa shape index (κ1) is 27.4. The molecule has 13 heteroatoms. The summed E-state index contributed by atoms with van der Waals surface area (Å²) in [6.45, 7) is 1.48. The van der Waals surface area contributed by atoms with Crippen LogP contribution in [0.5, 0.6) is 0 Å². The highest BCUT2D eigenvalue weighted by molar-refractivity contribution is 7.89. The van der Waals surface area contributed by atoms with E-state index in [0.717, 1.165) is 18.9 Å². The predicted octanol–water partition coefficient (Wildman–Crippen LogP) is 4.59. The second-order valence-electron chi connectivity index (χ2n) is 8.39. The first-order valence-electron chi connectivity index (χ1n) is 11.7. The second kappa shape index (κ2) is 11.0. The zero-order chi connectivity index (χ0) is 27.5. The van der Waals surface area contributed by atoms with Crippen LogP contribution in [0.2, 0.25) is 0 Å². The van der Waals surface area contributed by atoms with E-state index < -0.39 is 28.4 Å². The minimum absolute atomic E-state index is 0.0246. The molecule has 0 saturated carbocycles. The van der Waals surface area contributed by atoms with Crippen LogP contribution >= 0.6 is 0 Å². The van der Waals surface area contributed by atoms with Gasteiger partial charge in [-0.2, -0.15) is 13.2 Å². The summed E-state index contributed by atoms with van der Waals surface area (Å²) in [5.41, 5.74) is 0.465. The van der Waals surface area contributed by atoms with Crippen molar-refractivity contribution in [3.05, 3.63) is 65.7 Å². The Morgan fingerprint density at radius 3 is 2.55 bits per heavy atom. The molecule has 9 nitrogen and oxygen atoms in total. The van der Waals surface area contributed by atoms with Gasteiger partial charge < -0.3 is 10.4 Å². The number of pyridine rings is 2. The number of aliphatic hydroxyl groups excluding tert-OH is 1. The van der Waals surface area contributed by atoms with E-state index in [-0.39, 0.29) is 38.8 Å². The van der Waals surface area contributed by atoms with Crippen molar-refractivity contribution in [1.82, 2.24) is 24.7 Å². The fraction of sp³-hybridized carbons (Fsp3) is 0.280. The quantitative estimate of drug-likeness (QED) is 0.278. The molecule has 0 bridgehead atoms. The number of aromatic nitrogens is 4. The molecule has 3 heterocycles. The maximum Gasteiger partial charge on any atom is 0.418 e. The van der Waals surface area contributed by atoms with Gasteiger partial charge >= 0.3 is 6.18 Å². The Hall–Kier alpha value is -3.68. The van der Waals surface area contributed by atoms with Crippen molar-refractivity contribution in [3.63, 3.8) is 0 Å². The Morgan fingerprint density at radius 1 is 1.08 bits per heavy atom. The highest BCUT2D eigenvalue weighted by Gasteiger charge is 2.34. The molecule has 0 atom stereocenters. The van der Waals surface area contributed by atoms with Crippen LogP contribution in [0.15, 0.2) is 53.7 Å². The number of hydrogen-bond donors (Lipinski definition) is 3. The maximum absolute atomic E-state index is 13.5. The van der Waals surface area contributed by atoms with Crippen LogP contribution in [-0.4, -0.2) is 40.5 Å². The summed E-state index contributed by atoms with van der Waals surface area (Å²) in [6.07, 6.45) is 0.0685. The first-order valence-corrected chi connectivity index (χ1v) is 13.2. The summed E-state index contributed by atoms with van der Waals surface area (Å²) in [7, 11) is -2.33. The summed E-state index contributed by atoms with van der Waals surface area (Å²) in [4.78, 5) is 16.9. The van der Waals surface area contributed by atoms with Crippen LogP contribution in [0, 0.1) is 0 Å². The lowest BCUT2D eigenvalue weighted by molar-refractivity contribution is -0.137. The molecule has 0 radical (unpaired) electrons. The third-order valence-electron chi connectivity index (χ3n) is 5.79. The number of fused-ring (bicyclic) bond motifs is 1. The number of anilines is 2. The van der Waals surface area contributed by atoms with Crippen LogP contribution in [-0.2, 0) is 29.2 Å². The van der Waals surface area contributed by atoms with E-state index in [9.17, 15) is 26.7 Å². The van der Waals surface area contributed by atoms with Crippen molar-refractivity contribution in [2.24, 2.45) is 0 Å². The molecular weight excluding hydrogens is 521 g/mol. The van der Waals surface area contributed by atoms with Gasteiger partial charge in [-0.1, -0.05) is 13.3 Å². The number of alkyl halides is 3. The summed E-state index contributed by atoms with van der Waals surface area (Å²) in [5.74, 6) is 0.227. The number of nitrogens with zero attached hydrogens (tertiary/aromatic N) is 4. The number of unbranched alkanes of at least 4 members (excludes halogenated alkanes) is 1. The molecule has 0 unspecified atom stereocenters. The normalized spacial score (nSPS) is 12.2. The molecule has 4 aromatic rings. The molecule has 3 N–H and O–H groups in total. The Morgan fingerprint density at radius 2 is 1.87 bits per heavy atom. The minimum Gasteiger partial charge on any atom is -0.388 e. The summed E-state index contributed by atoms with van der Waals surface area (Å²) >= 11 is 0. The van der Waals surface area contributed by atoms with Gasteiger partial charge in [-0.15, -0.1) is 0 Å². The molecule has 1 aromatic carbocycles. The number of benzene rings is 1. The molecule has 200 valence electrons. The SMILES string of the molecule is CCCCc1cc(Nc2nc(CO)nc3cc(-c4ncccc4C(F)(F)F)cnc23)ccc1S(=O)(=O)NC. The van der Waals surface area contributed by atoms with Crippen LogP contribution in [0.25, 0.3) is 22.3 Å². The van der Waals surface area contributed by atoms with E-state index in [1.54, 1.807) is 12.1 Å². The molecule has 38 heavy (non-hydrogen) atoms.